The van der Waals surface area contributed by atoms with E-state index in [-0.39, 0.29) is 5.91 Å². The number of halogens is 1. The molecule has 26 heavy (non-hydrogen) atoms. The molecule has 0 atom stereocenters. The van der Waals surface area contributed by atoms with Crippen LogP contribution in [0.1, 0.15) is 24.6 Å². The number of carbonyl (C=O) groups is 1. The first-order valence-corrected chi connectivity index (χ1v) is 8.84. The number of imidazole rings is 1. The van der Waals surface area contributed by atoms with E-state index >= 15 is 0 Å². The lowest BCUT2D eigenvalue weighted by Crippen LogP contribution is -2.20. The molecular weight excluding hydrogens is 350 g/mol. The molecule has 0 spiro atoms. The number of aromatic nitrogens is 2. The Kier molecular flexibility index (Phi) is 5.92. The van der Waals surface area contributed by atoms with Gasteiger partial charge in [0.1, 0.15) is 11.4 Å². The maximum atomic E-state index is 12.0. The van der Waals surface area contributed by atoms with Crippen LogP contribution >= 0.6 is 11.6 Å². The summed E-state index contributed by atoms with van der Waals surface area (Å²) in [5, 5.41) is 3.46. The summed E-state index contributed by atoms with van der Waals surface area (Å²) in [6.45, 7) is 3.12. The van der Waals surface area contributed by atoms with Gasteiger partial charge in [0.2, 0.25) is 5.91 Å². The van der Waals surface area contributed by atoms with Crippen molar-refractivity contribution in [2.24, 2.45) is 0 Å². The van der Waals surface area contributed by atoms with Crippen LogP contribution in [0.4, 0.5) is 0 Å². The van der Waals surface area contributed by atoms with Gasteiger partial charge in [0.25, 0.3) is 0 Å². The standard InChI is InChI=1S/C20H20ClN3O2/c1-2-11-26-18-6-3-15(4-7-18)5-8-20(25)22-13-17-14-24-10-9-16(21)12-19(24)23-17/h3-10,12,14H,2,11,13H2,1H3,(H,22,25)/b8-5+. The fourth-order valence-corrected chi connectivity index (χ4v) is 2.55. The molecular formula is C20H20ClN3O2. The van der Waals surface area contributed by atoms with Gasteiger partial charge in [-0.25, -0.2) is 4.98 Å². The lowest BCUT2D eigenvalue weighted by Gasteiger charge is -2.04. The Morgan fingerprint density at radius 3 is 2.88 bits per heavy atom. The van der Waals surface area contributed by atoms with Gasteiger partial charge in [0.15, 0.2) is 0 Å². The molecule has 0 unspecified atom stereocenters. The highest BCUT2D eigenvalue weighted by Gasteiger charge is 2.03. The van der Waals surface area contributed by atoms with Crippen molar-refractivity contribution in [3.63, 3.8) is 0 Å². The molecule has 0 radical (unpaired) electrons. The lowest BCUT2D eigenvalue weighted by molar-refractivity contribution is -0.116. The van der Waals surface area contributed by atoms with Crippen molar-refractivity contribution in [3.8, 4) is 5.75 Å². The van der Waals surface area contributed by atoms with Crippen molar-refractivity contribution in [1.29, 1.82) is 0 Å². The zero-order valence-corrected chi connectivity index (χ0v) is 15.2. The third-order valence-corrected chi connectivity index (χ3v) is 3.93. The van der Waals surface area contributed by atoms with E-state index in [4.69, 9.17) is 16.3 Å². The molecule has 0 aliphatic heterocycles. The van der Waals surface area contributed by atoms with E-state index in [0.29, 0.717) is 18.2 Å². The number of nitrogens with one attached hydrogen (secondary N) is 1. The van der Waals surface area contributed by atoms with Gasteiger partial charge in [0.05, 0.1) is 18.8 Å². The van der Waals surface area contributed by atoms with Crippen molar-refractivity contribution in [3.05, 3.63) is 71.1 Å². The van der Waals surface area contributed by atoms with Crippen LogP contribution in [0.15, 0.2) is 54.9 Å². The average molecular weight is 370 g/mol. The van der Waals surface area contributed by atoms with Crippen LogP contribution in [0.25, 0.3) is 11.7 Å². The van der Waals surface area contributed by atoms with E-state index in [1.165, 1.54) is 6.08 Å². The first-order valence-electron chi connectivity index (χ1n) is 8.46. The lowest BCUT2D eigenvalue weighted by atomic mass is 10.2. The summed E-state index contributed by atoms with van der Waals surface area (Å²) >= 11 is 5.95. The third kappa shape index (κ3) is 4.86. The zero-order chi connectivity index (χ0) is 18.4. The van der Waals surface area contributed by atoms with Gasteiger partial charge >= 0.3 is 0 Å². The molecule has 3 rings (SSSR count). The second-order valence-electron chi connectivity index (χ2n) is 5.81. The summed E-state index contributed by atoms with van der Waals surface area (Å²) in [5.41, 5.74) is 2.46. The number of pyridine rings is 1. The summed E-state index contributed by atoms with van der Waals surface area (Å²) in [5.74, 6) is 0.659. The number of benzene rings is 1. The predicted molar refractivity (Wildman–Crippen MR) is 103 cm³/mol. The number of carbonyl (C=O) groups excluding carboxylic acids is 1. The van der Waals surface area contributed by atoms with E-state index in [2.05, 4.69) is 17.2 Å². The molecule has 0 bridgehead atoms. The normalized spacial score (nSPS) is 11.2. The van der Waals surface area contributed by atoms with E-state index in [1.54, 1.807) is 18.2 Å². The van der Waals surface area contributed by atoms with Crippen LogP contribution in [0.2, 0.25) is 5.02 Å². The third-order valence-electron chi connectivity index (χ3n) is 3.70. The van der Waals surface area contributed by atoms with Gasteiger partial charge in [-0.2, -0.15) is 0 Å². The number of fused-ring (bicyclic) bond motifs is 1. The molecule has 2 heterocycles. The van der Waals surface area contributed by atoms with E-state index in [9.17, 15) is 4.79 Å². The number of amides is 1. The predicted octanol–water partition coefficient (Wildman–Crippen LogP) is 4.11. The molecule has 1 N–H and O–H groups in total. The van der Waals surface area contributed by atoms with Gasteiger partial charge in [0, 0.05) is 23.5 Å². The minimum Gasteiger partial charge on any atom is -0.494 e. The van der Waals surface area contributed by atoms with E-state index in [1.807, 2.05) is 41.1 Å². The van der Waals surface area contributed by atoms with Crippen molar-refractivity contribution >= 4 is 29.2 Å². The topological polar surface area (TPSA) is 55.6 Å². The number of hydrogen-bond donors (Lipinski definition) is 1. The molecule has 0 saturated heterocycles. The van der Waals surface area contributed by atoms with Crippen molar-refractivity contribution in [2.75, 3.05) is 6.61 Å². The highest BCUT2D eigenvalue weighted by atomic mass is 35.5. The minimum absolute atomic E-state index is 0.175. The number of hydrogen-bond acceptors (Lipinski definition) is 3. The second kappa shape index (κ2) is 8.54. The molecule has 0 aliphatic rings. The highest BCUT2D eigenvalue weighted by molar-refractivity contribution is 6.30. The molecule has 1 amide bonds. The fourth-order valence-electron chi connectivity index (χ4n) is 2.40. The first kappa shape index (κ1) is 18.0. The zero-order valence-electron chi connectivity index (χ0n) is 14.5. The van der Waals surface area contributed by atoms with Gasteiger partial charge in [-0.3, -0.25) is 4.79 Å². The van der Waals surface area contributed by atoms with Gasteiger partial charge in [-0.05, 0) is 42.3 Å². The summed E-state index contributed by atoms with van der Waals surface area (Å²) in [6.07, 6.45) is 7.95. The quantitative estimate of drug-likeness (QED) is 0.638. The van der Waals surface area contributed by atoms with E-state index in [0.717, 1.165) is 29.1 Å². The van der Waals surface area contributed by atoms with Gasteiger partial charge in [-0.15, -0.1) is 0 Å². The Morgan fingerprint density at radius 1 is 1.31 bits per heavy atom. The monoisotopic (exact) mass is 369 g/mol. The molecule has 3 aromatic rings. The number of nitrogens with zero attached hydrogens (tertiary/aromatic N) is 2. The SMILES string of the molecule is CCCOc1ccc(/C=C/C(=O)NCc2cn3ccc(Cl)cc3n2)cc1. The largest absolute Gasteiger partial charge is 0.494 e. The Hall–Kier alpha value is -2.79. The van der Waals surface area contributed by atoms with Gasteiger partial charge < -0.3 is 14.5 Å². The number of rotatable bonds is 7. The highest BCUT2D eigenvalue weighted by Crippen LogP contribution is 2.14. The molecule has 0 fully saturated rings. The fraction of sp³-hybridized carbons (Fsp3) is 0.200. The molecule has 134 valence electrons. The Bertz CT molecular complexity index is 916. The molecule has 0 aliphatic carbocycles. The Labute approximate surface area is 157 Å². The summed E-state index contributed by atoms with van der Waals surface area (Å²) in [7, 11) is 0. The summed E-state index contributed by atoms with van der Waals surface area (Å²) in [6, 6.07) is 11.2. The smallest absolute Gasteiger partial charge is 0.244 e. The molecule has 6 heteroatoms. The van der Waals surface area contributed by atoms with Crippen LogP contribution < -0.4 is 10.1 Å². The van der Waals surface area contributed by atoms with Crippen LogP contribution in [0.3, 0.4) is 0 Å². The van der Waals surface area contributed by atoms with E-state index < -0.39 is 0 Å². The summed E-state index contributed by atoms with van der Waals surface area (Å²) in [4.78, 5) is 16.4. The van der Waals surface area contributed by atoms with Crippen molar-refractivity contribution in [1.82, 2.24) is 14.7 Å². The maximum Gasteiger partial charge on any atom is 0.244 e. The molecule has 5 nitrogen and oxygen atoms in total. The van der Waals surface area contributed by atoms with Gasteiger partial charge in [-0.1, -0.05) is 30.7 Å². The van der Waals surface area contributed by atoms with Crippen LogP contribution in [0.5, 0.6) is 5.75 Å². The molecule has 0 saturated carbocycles. The van der Waals surface area contributed by atoms with Crippen molar-refractivity contribution < 1.29 is 9.53 Å². The van der Waals surface area contributed by atoms with Crippen LogP contribution in [-0.4, -0.2) is 21.9 Å². The Morgan fingerprint density at radius 2 is 2.12 bits per heavy atom. The number of ether oxygens (including phenoxy) is 1. The van der Waals surface area contributed by atoms with Crippen molar-refractivity contribution in [2.45, 2.75) is 19.9 Å². The minimum atomic E-state index is -0.175. The summed E-state index contributed by atoms with van der Waals surface area (Å²) < 4.78 is 7.40. The second-order valence-corrected chi connectivity index (χ2v) is 6.25. The molecule has 1 aromatic carbocycles. The maximum absolute atomic E-state index is 12.0. The first-order chi connectivity index (χ1) is 12.6. The van der Waals surface area contributed by atoms with Crippen LogP contribution in [0, 0.1) is 0 Å². The van der Waals surface area contributed by atoms with Crippen LogP contribution in [-0.2, 0) is 11.3 Å². The Balaban J connectivity index is 1.53. The molecule has 2 aromatic heterocycles. The average Bonchev–Trinajstić information content (AvgIpc) is 3.06.